The molecule has 0 aromatic heterocycles. The van der Waals surface area contributed by atoms with Crippen molar-refractivity contribution in [2.75, 3.05) is 38.6 Å². The molecule has 0 bridgehead atoms. The highest BCUT2D eigenvalue weighted by Gasteiger charge is 2.17. The molecule has 0 aliphatic carbocycles. The van der Waals surface area contributed by atoms with Crippen molar-refractivity contribution >= 4 is 17.9 Å². The molecule has 4 heteroatoms. The third kappa shape index (κ3) is 2.68. The third-order valence-electron chi connectivity index (χ3n) is 2.92. The number of anilines is 1. The van der Waals surface area contributed by atoms with Crippen molar-refractivity contribution < 1.29 is 0 Å². The van der Waals surface area contributed by atoms with Crippen LogP contribution in [0.1, 0.15) is 18.9 Å². The molecule has 0 heterocycles. The van der Waals surface area contributed by atoms with Gasteiger partial charge in [0.25, 0.3) is 0 Å². The topological polar surface area (TPSA) is 23.6 Å². The fourth-order valence-electron chi connectivity index (χ4n) is 1.88. The van der Waals surface area contributed by atoms with Gasteiger partial charge in [-0.3, -0.25) is 4.79 Å². The predicted molar refractivity (Wildman–Crippen MR) is 71.7 cm³/mol. The maximum absolute atomic E-state index is 11.5. The predicted octanol–water partition coefficient (Wildman–Crippen LogP) is 1.74. The molecule has 0 saturated carbocycles. The summed E-state index contributed by atoms with van der Waals surface area (Å²) < 4.78 is 0.503. The van der Waals surface area contributed by atoms with E-state index in [1.807, 2.05) is 18.9 Å². The van der Waals surface area contributed by atoms with E-state index in [1.165, 1.54) is 0 Å². The summed E-state index contributed by atoms with van der Waals surface area (Å²) in [7, 11) is 4.06. The van der Waals surface area contributed by atoms with Crippen molar-refractivity contribution in [1.29, 1.82) is 0 Å². The van der Waals surface area contributed by atoms with E-state index < -0.39 is 0 Å². The zero-order valence-electron chi connectivity index (χ0n) is 10.5. The zero-order valence-corrected chi connectivity index (χ0v) is 11.4. The van der Waals surface area contributed by atoms with Gasteiger partial charge in [0, 0.05) is 20.1 Å². The van der Waals surface area contributed by atoms with Crippen molar-refractivity contribution in [3.8, 4) is 0 Å². The van der Waals surface area contributed by atoms with Crippen LogP contribution in [0.3, 0.4) is 0 Å². The van der Waals surface area contributed by atoms with Gasteiger partial charge in [-0.05, 0) is 32.5 Å². The Morgan fingerprint density at radius 3 is 2.31 bits per heavy atom. The van der Waals surface area contributed by atoms with Crippen LogP contribution in [-0.4, -0.2) is 38.6 Å². The second-order valence-electron chi connectivity index (χ2n) is 4.36. The molecule has 16 heavy (non-hydrogen) atoms. The maximum atomic E-state index is 11.5. The largest absolute Gasteiger partial charge is 0.370 e. The van der Waals surface area contributed by atoms with E-state index in [2.05, 4.69) is 18.9 Å². The summed E-state index contributed by atoms with van der Waals surface area (Å²) in [4.78, 5) is 15.8. The summed E-state index contributed by atoms with van der Waals surface area (Å²) in [5.41, 5.74) is 1.81. The minimum absolute atomic E-state index is 0.0353. The molecule has 90 valence electrons. The fourth-order valence-corrected chi connectivity index (χ4v) is 2.07. The van der Waals surface area contributed by atoms with Crippen LogP contribution >= 0.6 is 12.2 Å². The third-order valence-corrected chi connectivity index (χ3v) is 3.41. The lowest BCUT2D eigenvalue weighted by atomic mass is 10.1. The summed E-state index contributed by atoms with van der Waals surface area (Å²) >= 11 is 4.96. The number of nitrogens with zero attached hydrogens (tertiary/aromatic N) is 2. The minimum Gasteiger partial charge on any atom is -0.370 e. The van der Waals surface area contributed by atoms with Gasteiger partial charge in [0.1, 0.15) is 0 Å². The van der Waals surface area contributed by atoms with Gasteiger partial charge >= 0.3 is 0 Å². The fraction of sp³-hybridized carbons (Fsp3) is 0.667. The Morgan fingerprint density at radius 1 is 1.19 bits per heavy atom. The van der Waals surface area contributed by atoms with Crippen LogP contribution in [0.25, 0.3) is 0 Å². The van der Waals surface area contributed by atoms with Gasteiger partial charge in [0.05, 0.1) is 10.2 Å². The lowest BCUT2D eigenvalue weighted by Gasteiger charge is -2.25. The van der Waals surface area contributed by atoms with Gasteiger partial charge in [0.2, 0.25) is 5.43 Å². The van der Waals surface area contributed by atoms with E-state index in [-0.39, 0.29) is 5.43 Å². The van der Waals surface area contributed by atoms with Crippen LogP contribution in [0.2, 0.25) is 0 Å². The van der Waals surface area contributed by atoms with Gasteiger partial charge in [-0.2, -0.15) is 0 Å². The van der Waals surface area contributed by atoms with E-state index in [9.17, 15) is 4.79 Å². The first-order valence-corrected chi connectivity index (χ1v) is 6.09. The van der Waals surface area contributed by atoms with Crippen LogP contribution < -0.4 is 10.3 Å². The number of rotatable bonds is 6. The lowest BCUT2D eigenvalue weighted by Crippen LogP contribution is -2.35. The summed E-state index contributed by atoms with van der Waals surface area (Å²) in [6.07, 6.45) is 1.16. The van der Waals surface area contributed by atoms with E-state index in [0.29, 0.717) is 4.51 Å². The summed E-state index contributed by atoms with van der Waals surface area (Å²) in [6.45, 7) is 7.03. The maximum Gasteiger partial charge on any atom is 0.220 e. The average molecular weight is 240 g/mol. The number of likely N-dealkylation sites (N-methyl/N-ethyl adjacent to an activating group) is 2. The van der Waals surface area contributed by atoms with Crippen molar-refractivity contribution in [2.45, 2.75) is 20.3 Å². The van der Waals surface area contributed by atoms with Crippen molar-refractivity contribution in [3.05, 3.63) is 20.3 Å². The van der Waals surface area contributed by atoms with Gasteiger partial charge in [-0.25, -0.2) is 0 Å². The first kappa shape index (κ1) is 13.3. The standard InChI is InChI=1S/C12H20N2OS/c1-5-6-13(3)7-8-14(4)10-9(2)12(16)11(10)15/h5-8H2,1-4H3. The first-order valence-electron chi connectivity index (χ1n) is 5.68. The Bertz CT molecular complexity index is 421. The Labute approximate surface area is 102 Å². The molecule has 1 aromatic carbocycles. The zero-order chi connectivity index (χ0) is 12.3. The molecule has 0 saturated heterocycles. The van der Waals surface area contributed by atoms with Crippen LogP contribution in [0.5, 0.6) is 0 Å². The van der Waals surface area contributed by atoms with E-state index in [0.717, 1.165) is 37.3 Å². The molecular weight excluding hydrogens is 220 g/mol. The molecule has 0 N–H and O–H groups in total. The quantitative estimate of drug-likeness (QED) is 0.707. The van der Waals surface area contributed by atoms with E-state index >= 15 is 0 Å². The number of hydrogen-bond donors (Lipinski definition) is 0. The van der Waals surface area contributed by atoms with E-state index in [1.54, 1.807) is 0 Å². The lowest BCUT2D eigenvalue weighted by molar-refractivity contribution is 0.342. The molecular formula is C12H20N2OS. The molecule has 3 nitrogen and oxygen atoms in total. The molecule has 0 spiro atoms. The van der Waals surface area contributed by atoms with Crippen LogP contribution in [0.15, 0.2) is 4.79 Å². The van der Waals surface area contributed by atoms with Crippen molar-refractivity contribution in [2.24, 2.45) is 0 Å². The monoisotopic (exact) mass is 240 g/mol. The first-order chi connectivity index (χ1) is 7.49. The molecule has 1 aromatic rings. The highest BCUT2D eigenvalue weighted by molar-refractivity contribution is 7.71. The second-order valence-corrected chi connectivity index (χ2v) is 4.76. The molecule has 0 fully saturated rings. The van der Waals surface area contributed by atoms with Crippen LogP contribution in [-0.2, 0) is 0 Å². The molecule has 0 amide bonds. The Morgan fingerprint density at radius 2 is 1.81 bits per heavy atom. The summed E-state index contributed by atoms with van der Waals surface area (Å²) in [6, 6.07) is 0. The van der Waals surface area contributed by atoms with Crippen molar-refractivity contribution in [3.63, 3.8) is 0 Å². The SMILES string of the molecule is CCCN(C)CCN(C)c1c(C)c(=S)c1=O. The second kappa shape index (κ2) is 5.55. The van der Waals surface area contributed by atoms with Crippen LogP contribution in [0.4, 0.5) is 5.69 Å². The molecule has 1 rings (SSSR count). The average Bonchev–Trinajstić information content (AvgIpc) is 2.26. The molecule has 0 aliphatic rings. The van der Waals surface area contributed by atoms with Gasteiger partial charge in [-0.15, -0.1) is 0 Å². The van der Waals surface area contributed by atoms with E-state index in [4.69, 9.17) is 12.2 Å². The Balaban J connectivity index is 2.51. The molecule has 0 aliphatic heterocycles. The minimum atomic E-state index is 0.0353. The Hall–Kier alpha value is -0.740. The molecule has 0 radical (unpaired) electrons. The molecule has 0 unspecified atom stereocenters. The van der Waals surface area contributed by atoms with Crippen LogP contribution in [0, 0.1) is 11.4 Å². The summed E-state index contributed by atoms with van der Waals surface area (Å²) in [5, 5.41) is 0. The van der Waals surface area contributed by atoms with Crippen molar-refractivity contribution in [1.82, 2.24) is 4.90 Å². The normalized spacial score (nSPS) is 11.3. The van der Waals surface area contributed by atoms with Gasteiger partial charge < -0.3 is 9.80 Å². The Kier molecular flexibility index (Phi) is 4.62. The van der Waals surface area contributed by atoms with Gasteiger partial charge in [0.15, 0.2) is 0 Å². The summed E-state index contributed by atoms with van der Waals surface area (Å²) in [5.74, 6) is 0. The number of hydrogen-bond acceptors (Lipinski definition) is 4. The highest BCUT2D eigenvalue weighted by Crippen LogP contribution is 2.17. The van der Waals surface area contributed by atoms with Gasteiger partial charge in [-0.1, -0.05) is 19.1 Å². The smallest absolute Gasteiger partial charge is 0.220 e. The highest BCUT2D eigenvalue weighted by atomic mass is 32.1. The molecule has 0 atom stereocenters.